The molecule has 0 fully saturated rings. The molecule has 1 aliphatic heterocycles. The van der Waals surface area contributed by atoms with E-state index in [-0.39, 0.29) is 0 Å². The van der Waals surface area contributed by atoms with Crippen LogP contribution in [0.4, 0.5) is 0 Å². The van der Waals surface area contributed by atoms with Gasteiger partial charge in [0.15, 0.2) is 5.17 Å². The molecule has 1 unspecified atom stereocenters. The normalized spacial score (nSPS) is 20.3. The van der Waals surface area contributed by atoms with E-state index in [1.165, 1.54) is 11.6 Å². The molecule has 3 heteroatoms. The third-order valence-corrected chi connectivity index (χ3v) is 4.82. The van der Waals surface area contributed by atoms with Crippen LogP contribution in [0.25, 0.3) is 0 Å². The van der Waals surface area contributed by atoms with E-state index in [1.807, 2.05) is 11.8 Å². The summed E-state index contributed by atoms with van der Waals surface area (Å²) in [6, 6.07) is 0. The summed E-state index contributed by atoms with van der Waals surface area (Å²) in [5, 5.41) is 5.43. The first kappa shape index (κ1) is 15.9. The van der Waals surface area contributed by atoms with Crippen molar-refractivity contribution in [3.63, 3.8) is 0 Å². The first-order valence-corrected chi connectivity index (χ1v) is 8.23. The van der Waals surface area contributed by atoms with Crippen LogP contribution >= 0.6 is 11.8 Å². The summed E-state index contributed by atoms with van der Waals surface area (Å²) in [6.45, 7) is 15.9. The molecule has 0 saturated heterocycles. The number of hydrogen-bond donors (Lipinski definition) is 1. The van der Waals surface area contributed by atoms with Gasteiger partial charge in [-0.1, -0.05) is 53.3 Å². The molecule has 1 aliphatic rings. The summed E-state index contributed by atoms with van der Waals surface area (Å²) in [6.07, 6.45) is 1.27. The fraction of sp³-hybridized carbons (Fsp3) is 0.933. The molecule has 2 nitrogen and oxygen atoms in total. The molecule has 1 N–H and O–H groups in total. The van der Waals surface area contributed by atoms with Crippen LogP contribution < -0.4 is 5.32 Å². The molecule has 0 aromatic rings. The van der Waals surface area contributed by atoms with Gasteiger partial charge in [0.25, 0.3) is 0 Å². The van der Waals surface area contributed by atoms with Gasteiger partial charge in [-0.15, -0.1) is 0 Å². The van der Waals surface area contributed by atoms with Crippen LogP contribution in [0.1, 0.15) is 48.0 Å². The van der Waals surface area contributed by atoms with E-state index in [4.69, 9.17) is 0 Å². The van der Waals surface area contributed by atoms with Gasteiger partial charge in [0, 0.05) is 11.8 Å². The molecule has 0 bridgehead atoms. The van der Waals surface area contributed by atoms with E-state index in [1.54, 1.807) is 0 Å². The van der Waals surface area contributed by atoms with Crippen LogP contribution in [0, 0.1) is 23.7 Å². The Labute approximate surface area is 117 Å². The predicted octanol–water partition coefficient (Wildman–Crippen LogP) is 4.02. The monoisotopic (exact) mass is 270 g/mol. The Bertz CT molecular complexity index is 264. The van der Waals surface area contributed by atoms with Gasteiger partial charge in [0.1, 0.15) is 0 Å². The van der Waals surface area contributed by atoms with Crippen molar-refractivity contribution in [3.8, 4) is 0 Å². The second-order valence-electron chi connectivity index (χ2n) is 6.55. The molecule has 0 radical (unpaired) electrons. The number of nitrogens with zero attached hydrogens (tertiary/aromatic N) is 1. The zero-order valence-electron chi connectivity index (χ0n) is 12.9. The number of nitrogens with one attached hydrogen (secondary N) is 1. The Kier molecular flexibility index (Phi) is 6.54. The van der Waals surface area contributed by atoms with E-state index < -0.39 is 0 Å². The van der Waals surface area contributed by atoms with Gasteiger partial charge in [-0.3, -0.25) is 4.99 Å². The molecule has 0 aliphatic carbocycles. The molecule has 1 atom stereocenters. The molecule has 1 rings (SSSR count). The summed E-state index contributed by atoms with van der Waals surface area (Å²) >= 11 is 1.94. The standard InChI is InChI=1S/C15H30N2S/c1-10(2)7-13-8-16-15(18-13)17-9-14(11(3)4)12(5)6/h10-14H,7-9H2,1-6H3,(H,16,17). The second-order valence-corrected chi connectivity index (χ2v) is 7.84. The minimum Gasteiger partial charge on any atom is -0.365 e. The van der Waals surface area contributed by atoms with Crippen molar-refractivity contribution in [3.05, 3.63) is 0 Å². The minimum atomic E-state index is 0.698. The van der Waals surface area contributed by atoms with Crippen LogP contribution in [0.5, 0.6) is 0 Å². The van der Waals surface area contributed by atoms with Crippen molar-refractivity contribution in [1.29, 1.82) is 0 Å². The fourth-order valence-electron chi connectivity index (χ4n) is 2.61. The fourth-order valence-corrected chi connectivity index (χ4v) is 3.87. The summed E-state index contributed by atoms with van der Waals surface area (Å²) in [7, 11) is 0. The highest BCUT2D eigenvalue weighted by Crippen LogP contribution is 2.26. The van der Waals surface area contributed by atoms with Crippen molar-refractivity contribution >= 4 is 16.9 Å². The van der Waals surface area contributed by atoms with Crippen LogP contribution in [-0.4, -0.2) is 23.5 Å². The number of rotatable bonds is 6. The van der Waals surface area contributed by atoms with Crippen molar-refractivity contribution in [1.82, 2.24) is 5.32 Å². The van der Waals surface area contributed by atoms with E-state index >= 15 is 0 Å². The molecule has 0 aromatic heterocycles. The van der Waals surface area contributed by atoms with Gasteiger partial charge >= 0.3 is 0 Å². The molecule has 18 heavy (non-hydrogen) atoms. The number of amidine groups is 1. The number of thioether (sulfide) groups is 1. The number of hydrogen-bond acceptors (Lipinski definition) is 3. The first-order valence-electron chi connectivity index (χ1n) is 7.35. The van der Waals surface area contributed by atoms with Crippen LogP contribution in [0.15, 0.2) is 4.99 Å². The van der Waals surface area contributed by atoms with Gasteiger partial charge in [-0.05, 0) is 30.1 Å². The third-order valence-electron chi connectivity index (χ3n) is 3.65. The Morgan fingerprint density at radius 1 is 1.17 bits per heavy atom. The van der Waals surface area contributed by atoms with Crippen molar-refractivity contribution in [2.75, 3.05) is 13.1 Å². The average Bonchev–Trinajstić information content (AvgIpc) is 2.63. The SMILES string of the molecule is CC(C)CC1CN=C(NCC(C(C)C)C(C)C)S1. The van der Waals surface area contributed by atoms with Gasteiger partial charge in [-0.2, -0.15) is 0 Å². The maximum atomic E-state index is 4.63. The number of aliphatic imine (C=N–C) groups is 1. The highest BCUT2D eigenvalue weighted by molar-refractivity contribution is 8.14. The molecular formula is C15H30N2S. The highest BCUT2D eigenvalue weighted by atomic mass is 32.2. The van der Waals surface area contributed by atoms with E-state index in [0.717, 1.165) is 36.8 Å². The molecule has 0 amide bonds. The van der Waals surface area contributed by atoms with Crippen LogP contribution in [-0.2, 0) is 0 Å². The van der Waals surface area contributed by atoms with Crippen molar-refractivity contribution in [2.24, 2.45) is 28.7 Å². The Morgan fingerprint density at radius 2 is 1.78 bits per heavy atom. The van der Waals surface area contributed by atoms with Gasteiger partial charge < -0.3 is 5.32 Å². The summed E-state index contributed by atoms with van der Waals surface area (Å²) in [5.41, 5.74) is 0. The van der Waals surface area contributed by atoms with Gasteiger partial charge in [0.2, 0.25) is 0 Å². The quantitative estimate of drug-likeness (QED) is 0.788. The maximum Gasteiger partial charge on any atom is 0.156 e. The maximum absolute atomic E-state index is 4.63. The molecule has 0 saturated carbocycles. The lowest BCUT2D eigenvalue weighted by molar-refractivity contribution is 0.288. The molecule has 106 valence electrons. The Balaban J connectivity index is 2.32. The highest BCUT2D eigenvalue weighted by Gasteiger charge is 2.22. The van der Waals surface area contributed by atoms with Crippen molar-refractivity contribution in [2.45, 2.75) is 53.2 Å². The molecule has 1 heterocycles. The summed E-state index contributed by atoms with van der Waals surface area (Å²) in [5.74, 6) is 2.97. The van der Waals surface area contributed by atoms with E-state index in [9.17, 15) is 0 Å². The predicted molar refractivity (Wildman–Crippen MR) is 84.3 cm³/mol. The molecular weight excluding hydrogens is 240 g/mol. The lowest BCUT2D eigenvalue weighted by atomic mass is 9.86. The van der Waals surface area contributed by atoms with E-state index in [0.29, 0.717) is 5.25 Å². The van der Waals surface area contributed by atoms with Crippen LogP contribution in [0.2, 0.25) is 0 Å². The van der Waals surface area contributed by atoms with Gasteiger partial charge in [-0.25, -0.2) is 0 Å². The third kappa shape index (κ3) is 5.21. The topological polar surface area (TPSA) is 24.4 Å². The smallest absolute Gasteiger partial charge is 0.156 e. The van der Waals surface area contributed by atoms with Gasteiger partial charge in [0.05, 0.1) is 6.54 Å². The molecule has 0 aromatic carbocycles. The largest absolute Gasteiger partial charge is 0.365 e. The van der Waals surface area contributed by atoms with E-state index in [2.05, 4.69) is 51.9 Å². The lowest BCUT2D eigenvalue weighted by Gasteiger charge is -2.25. The van der Waals surface area contributed by atoms with Crippen LogP contribution in [0.3, 0.4) is 0 Å². The molecule has 0 spiro atoms. The average molecular weight is 270 g/mol. The minimum absolute atomic E-state index is 0.698. The Hall–Kier alpha value is -0.180. The van der Waals surface area contributed by atoms with Crippen molar-refractivity contribution < 1.29 is 0 Å². The summed E-state index contributed by atoms with van der Waals surface area (Å²) in [4.78, 5) is 4.63. The second kappa shape index (κ2) is 7.42. The lowest BCUT2D eigenvalue weighted by Crippen LogP contribution is -2.32. The zero-order valence-corrected chi connectivity index (χ0v) is 13.7. The Morgan fingerprint density at radius 3 is 2.28 bits per heavy atom. The first-order chi connectivity index (χ1) is 8.40. The zero-order chi connectivity index (χ0) is 13.7. The summed E-state index contributed by atoms with van der Waals surface area (Å²) < 4.78 is 0.